The van der Waals surface area contributed by atoms with Crippen LogP contribution in [0.2, 0.25) is 5.02 Å². The highest BCUT2D eigenvalue weighted by atomic mass is 35.5. The van der Waals surface area contributed by atoms with E-state index in [0.29, 0.717) is 40.7 Å². The molecular formula is C28H30ClN5O4S. The van der Waals surface area contributed by atoms with Gasteiger partial charge in [-0.3, -0.25) is 9.59 Å². The lowest BCUT2D eigenvalue weighted by Crippen LogP contribution is -2.31. The maximum atomic E-state index is 12.8. The van der Waals surface area contributed by atoms with Gasteiger partial charge in [0.05, 0.1) is 11.4 Å². The summed E-state index contributed by atoms with van der Waals surface area (Å²) in [6.45, 7) is 9.92. The molecule has 0 unspecified atom stereocenters. The Labute approximate surface area is 232 Å². The first-order valence-corrected chi connectivity index (χ1v) is 14.1. The second-order valence-electron chi connectivity index (χ2n) is 10.6. The predicted octanol–water partition coefficient (Wildman–Crippen LogP) is 5.24. The van der Waals surface area contributed by atoms with Crippen molar-refractivity contribution in [1.29, 1.82) is 0 Å². The summed E-state index contributed by atoms with van der Waals surface area (Å²) in [5.74, 6) is -0.306. The number of hydrogen-bond donors (Lipinski definition) is 2. The van der Waals surface area contributed by atoms with E-state index in [1.807, 2.05) is 33.8 Å². The molecule has 0 aliphatic carbocycles. The first-order chi connectivity index (χ1) is 18.2. The third kappa shape index (κ3) is 6.82. The van der Waals surface area contributed by atoms with Gasteiger partial charge in [-0.25, -0.2) is 23.1 Å². The predicted molar refractivity (Wildman–Crippen MR) is 151 cm³/mol. The Hall–Kier alpha value is -3.76. The summed E-state index contributed by atoms with van der Waals surface area (Å²) >= 11 is 6.55. The third-order valence-electron chi connectivity index (χ3n) is 5.93. The van der Waals surface area contributed by atoms with Gasteiger partial charge < -0.3 is 9.88 Å². The number of aryl methyl sites for hydroxylation is 2. The fourth-order valence-electron chi connectivity index (χ4n) is 3.99. The Morgan fingerprint density at radius 3 is 2.31 bits per heavy atom. The van der Waals surface area contributed by atoms with Crippen LogP contribution in [0.5, 0.6) is 0 Å². The molecule has 2 amide bonds. The minimum Gasteiger partial charge on any atom is -0.326 e. The molecular weight excluding hydrogens is 538 g/mol. The second kappa shape index (κ2) is 10.8. The lowest BCUT2D eigenvalue weighted by Gasteiger charge is -2.17. The number of imidazole rings is 1. The maximum Gasteiger partial charge on any atom is 0.283 e. The molecule has 0 bridgehead atoms. The largest absolute Gasteiger partial charge is 0.326 e. The van der Waals surface area contributed by atoms with Crippen molar-refractivity contribution in [2.45, 2.75) is 52.5 Å². The van der Waals surface area contributed by atoms with E-state index in [0.717, 1.165) is 11.1 Å². The highest BCUT2D eigenvalue weighted by Gasteiger charge is 2.21. The van der Waals surface area contributed by atoms with Crippen molar-refractivity contribution in [3.8, 4) is 0 Å². The SMILES string of the molecule is Cc1ccc(S(=O)(=O)NC(=O)c2ccc3nc(C)n(Cc4ccc(NC(=O)CC(C)(C)C)cc4Cl)c3n2)cc1. The standard InChI is InChI=1S/C28H30ClN5O4S/c1-17-6-10-21(11-7-17)39(37,38)33-27(36)24-13-12-23-26(32-24)34(18(2)30-23)16-19-8-9-20(14-22(19)29)31-25(35)15-28(3,4)5/h6-14H,15-16H2,1-5H3,(H,31,35)(H,33,36). The number of nitrogens with zero attached hydrogens (tertiary/aromatic N) is 3. The zero-order valence-electron chi connectivity index (χ0n) is 22.4. The number of carbonyl (C=O) groups is 2. The summed E-state index contributed by atoms with van der Waals surface area (Å²) in [5.41, 5.74) is 3.00. The number of halogens is 1. The number of rotatable bonds is 7. The van der Waals surface area contributed by atoms with Crippen LogP contribution in [0, 0.1) is 19.3 Å². The molecule has 2 heterocycles. The summed E-state index contributed by atoms with van der Waals surface area (Å²) in [6, 6.07) is 14.5. The van der Waals surface area contributed by atoms with E-state index in [-0.39, 0.29) is 21.9 Å². The average molecular weight is 568 g/mol. The molecule has 0 atom stereocenters. The molecule has 0 saturated carbocycles. The Balaban J connectivity index is 1.56. The van der Waals surface area contributed by atoms with Gasteiger partial charge in [0.2, 0.25) is 5.91 Å². The van der Waals surface area contributed by atoms with Crippen LogP contribution in [-0.4, -0.2) is 34.8 Å². The quantitative estimate of drug-likeness (QED) is 0.315. The van der Waals surface area contributed by atoms with Crippen LogP contribution >= 0.6 is 11.6 Å². The Bertz CT molecular complexity index is 1670. The van der Waals surface area contributed by atoms with Gasteiger partial charge in [-0.1, -0.05) is 56.1 Å². The van der Waals surface area contributed by atoms with Crippen molar-refractivity contribution in [1.82, 2.24) is 19.3 Å². The van der Waals surface area contributed by atoms with Crippen LogP contribution in [0.15, 0.2) is 59.5 Å². The lowest BCUT2D eigenvalue weighted by molar-refractivity contribution is -0.117. The molecule has 0 spiro atoms. The summed E-state index contributed by atoms with van der Waals surface area (Å²) in [7, 11) is -4.07. The molecule has 4 aromatic rings. The van der Waals surface area contributed by atoms with Crippen LogP contribution in [0.25, 0.3) is 11.2 Å². The van der Waals surface area contributed by atoms with Crippen LogP contribution < -0.4 is 10.0 Å². The van der Waals surface area contributed by atoms with Gasteiger partial charge in [-0.2, -0.15) is 0 Å². The third-order valence-corrected chi connectivity index (χ3v) is 7.63. The van der Waals surface area contributed by atoms with E-state index in [1.54, 1.807) is 41.8 Å². The highest BCUT2D eigenvalue weighted by Crippen LogP contribution is 2.26. The number of benzene rings is 2. The smallest absolute Gasteiger partial charge is 0.283 e. The minimum absolute atomic E-state index is 0.0175. The van der Waals surface area contributed by atoms with E-state index in [9.17, 15) is 18.0 Å². The topological polar surface area (TPSA) is 123 Å². The molecule has 2 aromatic carbocycles. The Morgan fingerprint density at radius 2 is 1.67 bits per heavy atom. The van der Waals surface area contributed by atoms with Gasteiger partial charge in [0.25, 0.3) is 15.9 Å². The van der Waals surface area contributed by atoms with Crippen molar-refractivity contribution < 1.29 is 18.0 Å². The number of hydrogen-bond acceptors (Lipinski definition) is 6. The van der Waals surface area contributed by atoms with Crippen molar-refractivity contribution in [2.24, 2.45) is 5.41 Å². The normalized spacial score (nSPS) is 11.9. The summed E-state index contributed by atoms with van der Waals surface area (Å²) in [5, 5.41) is 3.32. The highest BCUT2D eigenvalue weighted by molar-refractivity contribution is 7.90. The summed E-state index contributed by atoms with van der Waals surface area (Å²) in [4.78, 5) is 34.1. The van der Waals surface area contributed by atoms with Crippen molar-refractivity contribution >= 4 is 50.3 Å². The van der Waals surface area contributed by atoms with E-state index < -0.39 is 15.9 Å². The minimum atomic E-state index is -4.07. The molecule has 0 aliphatic heterocycles. The number of sulfonamides is 1. The van der Waals surface area contributed by atoms with Gasteiger partial charge in [0, 0.05) is 17.1 Å². The van der Waals surface area contributed by atoms with Crippen molar-refractivity contribution in [3.63, 3.8) is 0 Å². The number of nitrogens with one attached hydrogen (secondary N) is 2. The molecule has 2 N–H and O–H groups in total. The Morgan fingerprint density at radius 1 is 0.974 bits per heavy atom. The molecule has 2 aromatic heterocycles. The second-order valence-corrected chi connectivity index (χ2v) is 12.7. The van der Waals surface area contributed by atoms with Gasteiger partial charge in [0.15, 0.2) is 5.65 Å². The van der Waals surface area contributed by atoms with Crippen LogP contribution in [0.3, 0.4) is 0 Å². The number of anilines is 1. The number of fused-ring (bicyclic) bond motifs is 1. The maximum absolute atomic E-state index is 12.8. The number of carbonyl (C=O) groups excluding carboxylic acids is 2. The van der Waals surface area contributed by atoms with Crippen LogP contribution in [-0.2, 0) is 21.4 Å². The molecule has 9 nitrogen and oxygen atoms in total. The van der Waals surface area contributed by atoms with Crippen LogP contribution in [0.1, 0.15) is 54.6 Å². The monoisotopic (exact) mass is 567 g/mol. The average Bonchev–Trinajstić information content (AvgIpc) is 3.13. The zero-order valence-corrected chi connectivity index (χ0v) is 23.9. The number of amides is 2. The van der Waals surface area contributed by atoms with Gasteiger partial charge in [-0.15, -0.1) is 0 Å². The van der Waals surface area contributed by atoms with E-state index >= 15 is 0 Å². The Kier molecular flexibility index (Phi) is 7.81. The number of aromatic nitrogens is 3. The summed E-state index contributed by atoms with van der Waals surface area (Å²) < 4.78 is 29.2. The molecule has 0 aliphatic rings. The molecule has 39 heavy (non-hydrogen) atoms. The van der Waals surface area contributed by atoms with Gasteiger partial charge >= 0.3 is 0 Å². The fraction of sp³-hybridized carbons (Fsp3) is 0.286. The van der Waals surface area contributed by atoms with E-state index in [2.05, 4.69) is 20.0 Å². The molecule has 0 radical (unpaired) electrons. The van der Waals surface area contributed by atoms with Crippen molar-refractivity contribution in [3.05, 3.63) is 82.3 Å². The number of pyridine rings is 1. The first kappa shape index (κ1) is 28.3. The van der Waals surface area contributed by atoms with E-state index in [1.165, 1.54) is 18.2 Å². The van der Waals surface area contributed by atoms with Gasteiger partial charge in [-0.05, 0) is 61.2 Å². The molecule has 0 saturated heterocycles. The molecule has 4 rings (SSSR count). The summed E-state index contributed by atoms with van der Waals surface area (Å²) in [6.07, 6.45) is 0.375. The van der Waals surface area contributed by atoms with E-state index in [4.69, 9.17) is 11.6 Å². The lowest BCUT2D eigenvalue weighted by atomic mass is 9.92. The van der Waals surface area contributed by atoms with Gasteiger partial charge in [0.1, 0.15) is 17.0 Å². The fourth-order valence-corrected chi connectivity index (χ4v) is 5.19. The molecule has 204 valence electrons. The van der Waals surface area contributed by atoms with Crippen molar-refractivity contribution in [2.75, 3.05) is 5.32 Å². The molecule has 0 fully saturated rings. The zero-order chi connectivity index (χ0) is 28.5. The molecule has 11 heteroatoms. The first-order valence-electron chi connectivity index (χ1n) is 12.3. The van der Waals surface area contributed by atoms with Crippen LogP contribution in [0.4, 0.5) is 5.69 Å².